The number of ether oxygens (including phenoxy) is 1. The maximum absolute atomic E-state index is 11.8. The Hall–Kier alpha value is -2.28. The molecule has 7 nitrogen and oxygen atoms in total. The summed E-state index contributed by atoms with van der Waals surface area (Å²) in [6.07, 6.45) is 0. The third-order valence-corrected chi connectivity index (χ3v) is 2.74. The first kappa shape index (κ1) is 16.8. The van der Waals surface area contributed by atoms with E-state index in [0.717, 1.165) is 0 Å². The lowest BCUT2D eigenvalue weighted by Gasteiger charge is -2.11. The van der Waals surface area contributed by atoms with Gasteiger partial charge in [0.25, 0.3) is 5.91 Å². The molecule has 1 rings (SSSR count). The monoisotopic (exact) mass is 313 g/mol. The third kappa shape index (κ3) is 5.31. The zero-order valence-electron chi connectivity index (χ0n) is 11.7. The molecule has 0 unspecified atom stereocenters. The summed E-state index contributed by atoms with van der Waals surface area (Å²) in [5, 5.41) is 2.66. The number of amides is 2. The molecule has 0 saturated heterocycles. The molecule has 8 heteroatoms. The predicted octanol–water partition coefficient (Wildman–Crippen LogP) is 0.283. The molecule has 1 aromatic rings. The Morgan fingerprint density at radius 1 is 1.33 bits per heavy atom. The fourth-order valence-electron chi connectivity index (χ4n) is 1.30. The lowest BCUT2D eigenvalue weighted by molar-refractivity contribution is -0.131. The molecule has 3 N–H and O–H groups in total. The van der Waals surface area contributed by atoms with Crippen LogP contribution in [0, 0.1) is 0 Å². The molecule has 0 aliphatic heterocycles. The highest BCUT2D eigenvalue weighted by Gasteiger charge is 2.14. The SMILES string of the molecule is CN(C)C(=O)CNC(=O)COC(=O)c1cc(Cl)ccc1N. The van der Waals surface area contributed by atoms with Gasteiger partial charge in [0.1, 0.15) is 0 Å². The number of nitrogen functional groups attached to an aromatic ring is 1. The number of hydrogen-bond donors (Lipinski definition) is 2. The van der Waals surface area contributed by atoms with Crippen LogP contribution in [-0.2, 0) is 14.3 Å². The van der Waals surface area contributed by atoms with Crippen LogP contribution in [0.3, 0.4) is 0 Å². The first-order valence-corrected chi connectivity index (χ1v) is 6.38. The van der Waals surface area contributed by atoms with Gasteiger partial charge in [-0.25, -0.2) is 4.79 Å². The van der Waals surface area contributed by atoms with Crippen LogP contribution in [0.1, 0.15) is 10.4 Å². The van der Waals surface area contributed by atoms with Gasteiger partial charge in [-0.1, -0.05) is 11.6 Å². The van der Waals surface area contributed by atoms with Crippen LogP contribution in [0.5, 0.6) is 0 Å². The minimum absolute atomic E-state index is 0.0830. The average Bonchev–Trinajstić information content (AvgIpc) is 2.44. The summed E-state index contributed by atoms with van der Waals surface area (Å²) >= 11 is 5.75. The van der Waals surface area contributed by atoms with Crippen molar-refractivity contribution in [2.24, 2.45) is 0 Å². The molecule has 2 amide bonds. The van der Waals surface area contributed by atoms with Crippen molar-refractivity contribution in [2.75, 3.05) is 33.0 Å². The lowest BCUT2D eigenvalue weighted by atomic mass is 10.2. The van der Waals surface area contributed by atoms with E-state index in [-0.39, 0.29) is 23.7 Å². The number of anilines is 1. The van der Waals surface area contributed by atoms with Crippen LogP contribution >= 0.6 is 11.6 Å². The van der Waals surface area contributed by atoms with Crippen LogP contribution in [0.15, 0.2) is 18.2 Å². The molecule has 0 saturated carbocycles. The van der Waals surface area contributed by atoms with E-state index in [4.69, 9.17) is 22.1 Å². The van der Waals surface area contributed by atoms with Gasteiger partial charge in [-0.3, -0.25) is 9.59 Å². The second kappa shape index (κ2) is 7.49. The van der Waals surface area contributed by atoms with Crippen molar-refractivity contribution >= 4 is 35.1 Å². The van der Waals surface area contributed by atoms with E-state index in [1.807, 2.05) is 0 Å². The maximum Gasteiger partial charge on any atom is 0.340 e. The summed E-state index contributed by atoms with van der Waals surface area (Å²) in [4.78, 5) is 35.8. The van der Waals surface area contributed by atoms with Crippen LogP contribution in [0.25, 0.3) is 0 Å². The van der Waals surface area contributed by atoms with E-state index in [2.05, 4.69) is 5.32 Å². The van der Waals surface area contributed by atoms with E-state index in [0.29, 0.717) is 5.02 Å². The molecule has 1 aromatic carbocycles. The normalized spacial score (nSPS) is 9.86. The Morgan fingerprint density at radius 2 is 2.00 bits per heavy atom. The lowest BCUT2D eigenvalue weighted by Crippen LogP contribution is -2.38. The zero-order valence-corrected chi connectivity index (χ0v) is 12.4. The van der Waals surface area contributed by atoms with Crippen molar-refractivity contribution in [2.45, 2.75) is 0 Å². The van der Waals surface area contributed by atoms with Gasteiger partial charge in [-0.05, 0) is 18.2 Å². The first-order chi connectivity index (χ1) is 9.81. The molecule has 21 heavy (non-hydrogen) atoms. The molecular formula is C13H16ClN3O4. The number of nitrogens with one attached hydrogen (secondary N) is 1. The molecular weight excluding hydrogens is 298 g/mol. The Labute approximate surface area is 127 Å². The molecule has 0 fully saturated rings. The fourth-order valence-corrected chi connectivity index (χ4v) is 1.47. The molecule has 114 valence electrons. The Bertz CT molecular complexity index is 560. The van der Waals surface area contributed by atoms with Gasteiger partial charge < -0.3 is 20.7 Å². The van der Waals surface area contributed by atoms with Crippen molar-refractivity contribution in [3.05, 3.63) is 28.8 Å². The van der Waals surface area contributed by atoms with Crippen molar-refractivity contribution < 1.29 is 19.1 Å². The van der Waals surface area contributed by atoms with Gasteiger partial charge in [-0.2, -0.15) is 0 Å². The van der Waals surface area contributed by atoms with Gasteiger partial charge in [0.15, 0.2) is 6.61 Å². The van der Waals surface area contributed by atoms with Crippen molar-refractivity contribution in [3.63, 3.8) is 0 Å². The van der Waals surface area contributed by atoms with Gasteiger partial charge in [0.05, 0.1) is 12.1 Å². The molecule has 0 bridgehead atoms. The standard InChI is InChI=1S/C13H16ClN3O4/c1-17(2)12(19)6-16-11(18)7-21-13(20)9-5-8(14)3-4-10(9)15/h3-5H,6-7,15H2,1-2H3,(H,16,18). The molecule has 0 spiro atoms. The number of carbonyl (C=O) groups excluding carboxylic acids is 3. The highest BCUT2D eigenvalue weighted by molar-refractivity contribution is 6.31. The largest absolute Gasteiger partial charge is 0.452 e. The number of benzene rings is 1. The summed E-state index contributed by atoms with van der Waals surface area (Å²) < 4.78 is 4.80. The molecule has 0 aliphatic rings. The smallest absolute Gasteiger partial charge is 0.340 e. The van der Waals surface area contributed by atoms with Crippen molar-refractivity contribution in [3.8, 4) is 0 Å². The molecule has 0 radical (unpaired) electrons. The van der Waals surface area contributed by atoms with E-state index in [9.17, 15) is 14.4 Å². The predicted molar refractivity (Wildman–Crippen MR) is 77.9 cm³/mol. The van der Waals surface area contributed by atoms with Crippen LogP contribution in [-0.4, -0.2) is 49.9 Å². The summed E-state index contributed by atoms with van der Waals surface area (Å²) in [5.41, 5.74) is 5.90. The summed E-state index contributed by atoms with van der Waals surface area (Å²) in [6.45, 7) is -0.672. The van der Waals surface area contributed by atoms with Gasteiger partial charge in [0, 0.05) is 24.8 Å². The van der Waals surface area contributed by atoms with Crippen LogP contribution in [0.4, 0.5) is 5.69 Å². The van der Waals surface area contributed by atoms with Gasteiger partial charge in [-0.15, -0.1) is 0 Å². The van der Waals surface area contributed by atoms with Crippen molar-refractivity contribution in [1.82, 2.24) is 10.2 Å². The average molecular weight is 314 g/mol. The fraction of sp³-hybridized carbons (Fsp3) is 0.308. The summed E-state index contributed by atoms with van der Waals surface area (Å²) in [7, 11) is 3.13. The number of esters is 1. The Kier molecular flexibility index (Phi) is 5.98. The highest BCUT2D eigenvalue weighted by Crippen LogP contribution is 2.18. The van der Waals surface area contributed by atoms with E-state index < -0.39 is 18.5 Å². The van der Waals surface area contributed by atoms with Gasteiger partial charge >= 0.3 is 5.97 Å². The number of rotatable bonds is 5. The zero-order chi connectivity index (χ0) is 16.0. The number of nitrogens with zero attached hydrogens (tertiary/aromatic N) is 1. The number of carbonyl (C=O) groups is 3. The molecule has 0 aliphatic carbocycles. The maximum atomic E-state index is 11.8. The second-order valence-corrected chi connectivity index (χ2v) is 4.81. The number of nitrogens with two attached hydrogens (primary N) is 1. The van der Waals surface area contributed by atoms with Crippen LogP contribution < -0.4 is 11.1 Å². The second-order valence-electron chi connectivity index (χ2n) is 4.37. The topological polar surface area (TPSA) is 102 Å². The van der Waals surface area contributed by atoms with Gasteiger partial charge in [0.2, 0.25) is 5.91 Å². The van der Waals surface area contributed by atoms with E-state index in [1.165, 1.54) is 23.1 Å². The molecule has 0 heterocycles. The summed E-state index contributed by atoms with van der Waals surface area (Å²) in [6, 6.07) is 4.36. The Morgan fingerprint density at radius 3 is 2.62 bits per heavy atom. The Balaban J connectivity index is 2.48. The first-order valence-electron chi connectivity index (χ1n) is 6.00. The van der Waals surface area contributed by atoms with E-state index >= 15 is 0 Å². The molecule has 0 aromatic heterocycles. The number of likely N-dealkylation sites (N-methyl/N-ethyl adjacent to an activating group) is 1. The number of halogens is 1. The minimum atomic E-state index is -0.760. The van der Waals surface area contributed by atoms with Crippen LogP contribution in [0.2, 0.25) is 5.02 Å². The molecule has 0 atom stereocenters. The quantitative estimate of drug-likeness (QED) is 0.600. The minimum Gasteiger partial charge on any atom is -0.452 e. The highest BCUT2D eigenvalue weighted by atomic mass is 35.5. The van der Waals surface area contributed by atoms with E-state index in [1.54, 1.807) is 14.1 Å². The van der Waals surface area contributed by atoms with Crippen molar-refractivity contribution in [1.29, 1.82) is 0 Å². The number of hydrogen-bond acceptors (Lipinski definition) is 5. The third-order valence-electron chi connectivity index (χ3n) is 2.51. The summed E-state index contributed by atoms with van der Waals surface area (Å²) in [5.74, 6) is -1.61.